The fourth-order valence-corrected chi connectivity index (χ4v) is 3.59. The number of para-hydroxylation sites is 1. The molecule has 0 bridgehead atoms. The molecule has 0 saturated carbocycles. The van der Waals surface area contributed by atoms with E-state index in [2.05, 4.69) is 4.72 Å². The van der Waals surface area contributed by atoms with Gasteiger partial charge in [0.25, 0.3) is 10.0 Å². The molecule has 0 aliphatic rings. The number of hydrogen-bond donors (Lipinski definition) is 2. The van der Waals surface area contributed by atoms with E-state index < -0.39 is 10.0 Å². The molecule has 0 aliphatic carbocycles. The van der Waals surface area contributed by atoms with E-state index in [0.29, 0.717) is 0 Å². The van der Waals surface area contributed by atoms with Gasteiger partial charge in [-0.05, 0) is 24.3 Å². The van der Waals surface area contributed by atoms with Crippen LogP contribution in [0.1, 0.15) is 0 Å². The van der Waals surface area contributed by atoms with E-state index in [1.165, 1.54) is 18.2 Å². The highest BCUT2D eigenvalue weighted by Gasteiger charge is 2.21. The molecule has 2 rings (SSSR count). The van der Waals surface area contributed by atoms with E-state index in [-0.39, 0.29) is 31.3 Å². The Bertz CT molecular complexity index is 763. The Hall–Kier alpha value is -1.14. The molecule has 0 saturated heterocycles. The van der Waals surface area contributed by atoms with Crippen molar-refractivity contribution < 1.29 is 8.42 Å². The largest absolute Gasteiger partial charge is 0.396 e. The number of hydrogen-bond acceptors (Lipinski definition) is 3. The first-order valence-electron chi connectivity index (χ1n) is 5.34. The number of anilines is 2. The van der Waals surface area contributed by atoms with Gasteiger partial charge in [0.2, 0.25) is 0 Å². The lowest BCUT2D eigenvalue weighted by atomic mass is 10.3. The van der Waals surface area contributed by atoms with Crippen LogP contribution >= 0.6 is 34.8 Å². The minimum Gasteiger partial charge on any atom is -0.396 e. The molecule has 2 aromatic rings. The molecule has 20 heavy (non-hydrogen) atoms. The minimum absolute atomic E-state index is 0.00960. The SMILES string of the molecule is Nc1c(Cl)ccc(S(=O)(=O)Nc2ccccc2Cl)c1Cl. The Morgan fingerprint density at radius 2 is 1.60 bits per heavy atom. The lowest BCUT2D eigenvalue weighted by Crippen LogP contribution is -2.14. The Morgan fingerprint density at radius 1 is 0.950 bits per heavy atom. The summed E-state index contributed by atoms with van der Waals surface area (Å²) in [5, 5.41) is 0.331. The molecule has 0 spiro atoms. The molecule has 0 aromatic heterocycles. The zero-order valence-corrected chi connectivity index (χ0v) is 13.0. The van der Waals surface area contributed by atoms with Crippen LogP contribution in [-0.2, 0) is 10.0 Å². The molecule has 2 aromatic carbocycles. The van der Waals surface area contributed by atoms with Gasteiger partial charge in [-0.1, -0.05) is 46.9 Å². The lowest BCUT2D eigenvalue weighted by Gasteiger charge is -2.12. The van der Waals surface area contributed by atoms with Crippen LogP contribution in [0, 0.1) is 0 Å². The molecule has 0 atom stereocenters. The highest BCUT2D eigenvalue weighted by Crippen LogP contribution is 2.34. The van der Waals surface area contributed by atoms with Gasteiger partial charge < -0.3 is 5.73 Å². The summed E-state index contributed by atoms with van der Waals surface area (Å²) in [7, 11) is -3.91. The summed E-state index contributed by atoms with van der Waals surface area (Å²) in [6.45, 7) is 0. The molecular weight excluding hydrogens is 343 g/mol. The van der Waals surface area contributed by atoms with Gasteiger partial charge in [0.15, 0.2) is 0 Å². The van der Waals surface area contributed by atoms with Gasteiger partial charge in [0.1, 0.15) is 4.90 Å². The minimum atomic E-state index is -3.91. The molecule has 4 nitrogen and oxygen atoms in total. The van der Waals surface area contributed by atoms with Crippen LogP contribution in [0.15, 0.2) is 41.3 Å². The van der Waals surface area contributed by atoms with E-state index in [4.69, 9.17) is 40.5 Å². The molecular formula is C12H9Cl3N2O2S. The van der Waals surface area contributed by atoms with Gasteiger partial charge in [0.05, 0.1) is 26.4 Å². The van der Waals surface area contributed by atoms with Gasteiger partial charge >= 0.3 is 0 Å². The quantitative estimate of drug-likeness (QED) is 0.820. The van der Waals surface area contributed by atoms with Crippen LogP contribution in [-0.4, -0.2) is 8.42 Å². The second-order valence-corrected chi connectivity index (χ2v) is 6.70. The van der Waals surface area contributed by atoms with Crippen LogP contribution in [0.5, 0.6) is 0 Å². The van der Waals surface area contributed by atoms with Crippen LogP contribution in [0.4, 0.5) is 11.4 Å². The Kier molecular flexibility index (Phi) is 4.34. The third-order valence-corrected chi connectivity index (χ3v) is 5.09. The number of nitrogens with one attached hydrogen (secondary N) is 1. The molecule has 106 valence electrons. The Balaban J connectivity index is 2.47. The number of sulfonamides is 1. The molecule has 0 aliphatic heterocycles. The molecule has 0 fully saturated rings. The lowest BCUT2D eigenvalue weighted by molar-refractivity contribution is 0.601. The van der Waals surface area contributed by atoms with Gasteiger partial charge in [-0.25, -0.2) is 8.42 Å². The van der Waals surface area contributed by atoms with Gasteiger partial charge in [-0.2, -0.15) is 0 Å². The highest BCUT2D eigenvalue weighted by atomic mass is 35.5. The van der Waals surface area contributed by atoms with Crippen molar-refractivity contribution in [3.05, 3.63) is 51.5 Å². The normalized spacial score (nSPS) is 11.3. The van der Waals surface area contributed by atoms with Crippen LogP contribution in [0.3, 0.4) is 0 Å². The van der Waals surface area contributed by atoms with Crippen molar-refractivity contribution in [3.8, 4) is 0 Å². The first kappa shape index (κ1) is 15.3. The fourth-order valence-electron chi connectivity index (χ4n) is 1.50. The molecule has 0 heterocycles. The smallest absolute Gasteiger partial charge is 0.263 e. The summed E-state index contributed by atoms with van der Waals surface area (Å²) >= 11 is 17.6. The number of nitrogen functional groups attached to an aromatic ring is 1. The van der Waals surface area contributed by atoms with Crippen molar-refractivity contribution >= 4 is 56.2 Å². The first-order valence-corrected chi connectivity index (χ1v) is 7.95. The zero-order chi connectivity index (χ0) is 14.9. The van der Waals surface area contributed by atoms with Gasteiger partial charge in [-0.15, -0.1) is 0 Å². The Labute approximate surface area is 131 Å². The standard InChI is InChI=1S/C12H9Cl3N2O2S/c13-7-3-1-2-4-9(7)17-20(18,19)10-6-5-8(14)12(16)11(10)15/h1-6,17H,16H2. The van der Waals surface area contributed by atoms with Crippen molar-refractivity contribution in [1.82, 2.24) is 0 Å². The van der Waals surface area contributed by atoms with Crippen molar-refractivity contribution in [1.29, 1.82) is 0 Å². The fraction of sp³-hybridized carbons (Fsp3) is 0. The highest BCUT2D eigenvalue weighted by molar-refractivity contribution is 7.92. The van der Waals surface area contributed by atoms with E-state index in [9.17, 15) is 8.42 Å². The maximum Gasteiger partial charge on any atom is 0.263 e. The third kappa shape index (κ3) is 2.96. The number of halogens is 3. The van der Waals surface area contributed by atoms with E-state index in [1.807, 2.05) is 0 Å². The summed E-state index contributed by atoms with van der Waals surface area (Å²) in [6.07, 6.45) is 0. The van der Waals surface area contributed by atoms with E-state index in [0.717, 1.165) is 0 Å². The van der Waals surface area contributed by atoms with Crippen molar-refractivity contribution in [3.63, 3.8) is 0 Å². The van der Waals surface area contributed by atoms with Gasteiger partial charge in [-0.3, -0.25) is 4.72 Å². The summed E-state index contributed by atoms with van der Waals surface area (Å²) in [6, 6.07) is 9.09. The number of benzene rings is 2. The summed E-state index contributed by atoms with van der Waals surface area (Å²) < 4.78 is 26.9. The third-order valence-electron chi connectivity index (χ3n) is 2.50. The summed E-state index contributed by atoms with van der Waals surface area (Å²) in [5.41, 5.74) is 5.88. The molecule has 8 heteroatoms. The monoisotopic (exact) mass is 350 g/mol. The molecule has 3 N–H and O–H groups in total. The average Bonchev–Trinajstić information content (AvgIpc) is 2.38. The number of nitrogens with two attached hydrogens (primary N) is 1. The van der Waals surface area contributed by atoms with Crippen LogP contribution < -0.4 is 10.5 Å². The Morgan fingerprint density at radius 3 is 2.25 bits per heavy atom. The molecule has 0 amide bonds. The average molecular weight is 352 g/mol. The second-order valence-electron chi connectivity index (χ2n) is 3.86. The molecule has 0 radical (unpaired) electrons. The van der Waals surface area contributed by atoms with Crippen molar-refractivity contribution in [2.45, 2.75) is 4.90 Å². The predicted molar refractivity (Wildman–Crippen MR) is 83.1 cm³/mol. The van der Waals surface area contributed by atoms with Crippen molar-refractivity contribution in [2.75, 3.05) is 10.5 Å². The van der Waals surface area contributed by atoms with Crippen LogP contribution in [0.25, 0.3) is 0 Å². The second kappa shape index (κ2) is 5.69. The molecule has 0 unspecified atom stereocenters. The summed E-state index contributed by atoms with van der Waals surface area (Å²) in [5.74, 6) is 0. The van der Waals surface area contributed by atoms with E-state index in [1.54, 1.807) is 18.2 Å². The predicted octanol–water partition coefficient (Wildman–Crippen LogP) is 4.03. The first-order chi connectivity index (χ1) is 9.33. The van der Waals surface area contributed by atoms with E-state index >= 15 is 0 Å². The van der Waals surface area contributed by atoms with Gasteiger partial charge in [0, 0.05) is 0 Å². The topological polar surface area (TPSA) is 72.2 Å². The zero-order valence-electron chi connectivity index (χ0n) is 9.90. The maximum atomic E-state index is 12.3. The summed E-state index contributed by atoms with van der Waals surface area (Å²) in [4.78, 5) is -0.166. The van der Waals surface area contributed by atoms with Crippen LogP contribution in [0.2, 0.25) is 15.1 Å². The maximum absolute atomic E-state index is 12.3. The number of rotatable bonds is 3. The van der Waals surface area contributed by atoms with Crippen molar-refractivity contribution in [2.24, 2.45) is 0 Å².